The van der Waals surface area contributed by atoms with Crippen LogP contribution in [0.5, 0.6) is 0 Å². The number of carbonyl (C=O) groups is 2. The lowest BCUT2D eigenvalue weighted by molar-refractivity contribution is 0.0948. The van der Waals surface area contributed by atoms with Crippen molar-refractivity contribution in [1.29, 1.82) is 0 Å². The number of likely N-dealkylation sites (N-methyl/N-ethyl adjacent to an activating group) is 1. The highest BCUT2D eigenvalue weighted by Crippen LogP contribution is 2.21. The van der Waals surface area contributed by atoms with Gasteiger partial charge in [0.25, 0.3) is 11.8 Å². The van der Waals surface area contributed by atoms with Crippen LogP contribution in [-0.2, 0) is 10.0 Å². The van der Waals surface area contributed by atoms with Crippen molar-refractivity contribution in [3.05, 3.63) is 59.7 Å². The number of carbonyl (C=O) groups excluding carboxylic acids is 2. The van der Waals surface area contributed by atoms with E-state index in [0.29, 0.717) is 36.4 Å². The lowest BCUT2D eigenvalue weighted by atomic mass is 10.1. The summed E-state index contributed by atoms with van der Waals surface area (Å²) < 4.78 is 26.7. The molecule has 0 saturated carbocycles. The van der Waals surface area contributed by atoms with Gasteiger partial charge in [0.1, 0.15) is 0 Å². The Morgan fingerprint density at radius 1 is 0.882 bits per heavy atom. The fourth-order valence-electron chi connectivity index (χ4n) is 3.73. The van der Waals surface area contributed by atoms with E-state index in [-0.39, 0.29) is 29.1 Å². The fraction of sp³-hybridized carbons (Fsp3) is 0.417. The Bertz CT molecular complexity index is 1050. The smallest absolute Gasteiger partial charge is 0.255 e. The molecule has 1 heterocycles. The van der Waals surface area contributed by atoms with Crippen LogP contribution in [0.2, 0.25) is 0 Å². The van der Waals surface area contributed by atoms with E-state index < -0.39 is 10.0 Å². The minimum Gasteiger partial charge on any atom is -0.351 e. The number of halogens is 1. The third kappa shape index (κ3) is 7.02. The van der Waals surface area contributed by atoms with Gasteiger partial charge in [-0.15, -0.1) is 12.4 Å². The summed E-state index contributed by atoms with van der Waals surface area (Å²) in [5, 5.41) is 5.68. The summed E-state index contributed by atoms with van der Waals surface area (Å²) in [5.41, 5.74) is 1.42. The van der Waals surface area contributed by atoms with E-state index in [1.165, 1.54) is 28.6 Å². The minimum absolute atomic E-state index is 0. The number of hydrogen-bond acceptors (Lipinski definition) is 5. The van der Waals surface area contributed by atoms with Crippen molar-refractivity contribution in [3.63, 3.8) is 0 Å². The van der Waals surface area contributed by atoms with E-state index in [1.54, 1.807) is 24.3 Å². The lowest BCUT2D eigenvalue weighted by Crippen LogP contribution is -2.34. The van der Waals surface area contributed by atoms with E-state index in [1.807, 2.05) is 0 Å². The fourth-order valence-corrected chi connectivity index (χ4v) is 5.25. The highest BCUT2D eigenvalue weighted by molar-refractivity contribution is 7.89. The molecule has 0 unspecified atom stereocenters. The zero-order chi connectivity index (χ0) is 23.8. The Morgan fingerprint density at radius 3 is 1.97 bits per heavy atom. The summed E-state index contributed by atoms with van der Waals surface area (Å²) in [4.78, 5) is 27.3. The summed E-state index contributed by atoms with van der Waals surface area (Å²) in [7, 11) is -3.51. The highest BCUT2D eigenvalue weighted by Gasteiger charge is 2.27. The van der Waals surface area contributed by atoms with Crippen molar-refractivity contribution < 1.29 is 18.0 Å². The lowest BCUT2D eigenvalue weighted by Gasteiger charge is -2.18. The molecule has 0 bridgehead atoms. The van der Waals surface area contributed by atoms with Crippen LogP contribution in [0.15, 0.2) is 53.4 Å². The molecule has 8 nitrogen and oxygen atoms in total. The van der Waals surface area contributed by atoms with Gasteiger partial charge in [-0.25, -0.2) is 8.42 Å². The van der Waals surface area contributed by atoms with Gasteiger partial charge in [-0.2, -0.15) is 4.31 Å². The van der Waals surface area contributed by atoms with Crippen LogP contribution in [-0.4, -0.2) is 68.7 Å². The molecule has 1 fully saturated rings. The molecule has 3 rings (SSSR count). The molecule has 0 aromatic heterocycles. The molecule has 34 heavy (non-hydrogen) atoms. The summed E-state index contributed by atoms with van der Waals surface area (Å²) in [5.74, 6) is -0.508. The molecule has 2 aromatic carbocycles. The molecule has 186 valence electrons. The van der Waals surface area contributed by atoms with Crippen molar-refractivity contribution in [1.82, 2.24) is 14.5 Å². The van der Waals surface area contributed by atoms with Gasteiger partial charge in [0.2, 0.25) is 10.0 Å². The normalized spacial score (nSPS) is 14.0. The average molecular weight is 509 g/mol. The van der Waals surface area contributed by atoms with Crippen LogP contribution in [0.1, 0.15) is 47.4 Å². The van der Waals surface area contributed by atoms with Gasteiger partial charge in [-0.1, -0.05) is 13.8 Å². The van der Waals surface area contributed by atoms with Gasteiger partial charge in [-0.05, 0) is 74.5 Å². The van der Waals surface area contributed by atoms with E-state index >= 15 is 0 Å². The highest BCUT2D eigenvalue weighted by atomic mass is 35.5. The number of benzene rings is 2. The number of rotatable bonds is 10. The van der Waals surface area contributed by atoms with Crippen LogP contribution in [0, 0.1) is 0 Å². The molecule has 0 spiro atoms. The summed E-state index contributed by atoms with van der Waals surface area (Å²) in [6.07, 6.45) is 1.74. The van der Waals surface area contributed by atoms with Crippen molar-refractivity contribution >= 4 is 39.9 Å². The maximum absolute atomic E-state index is 12.6. The Labute approximate surface area is 208 Å². The summed E-state index contributed by atoms with van der Waals surface area (Å²) >= 11 is 0. The Morgan fingerprint density at radius 2 is 1.41 bits per heavy atom. The van der Waals surface area contributed by atoms with E-state index in [4.69, 9.17) is 0 Å². The van der Waals surface area contributed by atoms with Gasteiger partial charge in [0, 0.05) is 43.0 Å². The number of hydrogen-bond donors (Lipinski definition) is 2. The first-order valence-corrected chi connectivity index (χ1v) is 12.8. The number of anilines is 1. The molecule has 0 radical (unpaired) electrons. The second kappa shape index (κ2) is 12.9. The first-order chi connectivity index (χ1) is 15.8. The largest absolute Gasteiger partial charge is 0.351 e. The van der Waals surface area contributed by atoms with E-state index in [9.17, 15) is 18.0 Å². The van der Waals surface area contributed by atoms with E-state index in [2.05, 4.69) is 29.4 Å². The Balaban J connectivity index is 0.00000408. The summed E-state index contributed by atoms with van der Waals surface area (Å²) in [6, 6.07) is 12.6. The molecule has 2 aromatic rings. The molecule has 2 N–H and O–H groups in total. The van der Waals surface area contributed by atoms with Crippen molar-refractivity contribution in [3.8, 4) is 0 Å². The molecule has 0 aliphatic carbocycles. The second-order valence-corrected chi connectivity index (χ2v) is 9.89. The van der Waals surface area contributed by atoms with Gasteiger partial charge in [0.05, 0.1) is 4.90 Å². The van der Waals surface area contributed by atoms with Crippen LogP contribution in [0.25, 0.3) is 0 Å². The molecular weight excluding hydrogens is 476 g/mol. The SMILES string of the molecule is CCN(CC)CCNC(=O)c1ccc(NC(=O)c2ccc(S(=O)(=O)N3CCCC3)cc2)cc1.Cl. The van der Waals surface area contributed by atoms with Crippen LogP contribution >= 0.6 is 12.4 Å². The maximum Gasteiger partial charge on any atom is 0.255 e. The molecule has 0 atom stereocenters. The molecule has 2 amide bonds. The van der Waals surface area contributed by atoms with Gasteiger partial charge in [-0.3, -0.25) is 9.59 Å². The number of nitrogens with one attached hydrogen (secondary N) is 2. The van der Waals surface area contributed by atoms with Crippen molar-refractivity contribution in [2.75, 3.05) is 44.6 Å². The second-order valence-electron chi connectivity index (χ2n) is 7.95. The predicted molar refractivity (Wildman–Crippen MR) is 136 cm³/mol. The average Bonchev–Trinajstić information content (AvgIpc) is 3.38. The maximum atomic E-state index is 12.6. The Kier molecular flexibility index (Phi) is 10.5. The number of nitrogens with zero attached hydrogens (tertiary/aromatic N) is 2. The van der Waals surface area contributed by atoms with Crippen LogP contribution in [0.4, 0.5) is 5.69 Å². The first-order valence-electron chi connectivity index (χ1n) is 11.4. The third-order valence-corrected chi connectivity index (χ3v) is 7.75. The topological polar surface area (TPSA) is 98.8 Å². The van der Waals surface area contributed by atoms with Crippen molar-refractivity contribution in [2.24, 2.45) is 0 Å². The zero-order valence-electron chi connectivity index (χ0n) is 19.6. The standard InChI is InChI=1S/C24H32N4O4S.ClH/c1-3-27(4-2)18-15-25-23(29)19-7-11-21(12-8-19)26-24(30)20-9-13-22(14-10-20)33(31,32)28-16-5-6-17-28;/h7-14H,3-6,15-18H2,1-2H3,(H,25,29)(H,26,30);1H. The quantitative estimate of drug-likeness (QED) is 0.513. The molecule has 1 saturated heterocycles. The van der Waals surface area contributed by atoms with Crippen molar-refractivity contribution in [2.45, 2.75) is 31.6 Å². The van der Waals surface area contributed by atoms with Gasteiger partial charge in [0.15, 0.2) is 0 Å². The minimum atomic E-state index is -3.51. The first kappa shape index (κ1) is 27.8. The number of amides is 2. The predicted octanol–water partition coefficient (Wildman–Crippen LogP) is 3.22. The zero-order valence-corrected chi connectivity index (χ0v) is 21.3. The third-order valence-electron chi connectivity index (χ3n) is 5.83. The van der Waals surface area contributed by atoms with Gasteiger partial charge < -0.3 is 15.5 Å². The van der Waals surface area contributed by atoms with E-state index in [0.717, 1.165) is 32.5 Å². The molecule has 10 heteroatoms. The monoisotopic (exact) mass is 508 g/mol. The molecular formula is C24H33ClN4O4S. The Hall–Kier alpha value is -2.46. The van der Waals surface area contributed by atoms with Gasteiger partial charge >= 0.3 is 0 Å². The summed E-state index contributed by atoms with van der Waals surface area (Å²) in [6.45, 7) is 8.50. The molecule has 1 aliphatic heterocycles. The van der Waals surface area contributed by atoms with Crippen LogP contribution < -0.4 is 10.6 Å². The molecule has 1 aliphatic rings. The van der Waals surface area contributed by atoms with Crippen LogP contribution in [0.3, 0.4) is 0 Å². The number of sulfonamides is 1.